The molecule has 0 saturated carbocycles. The second kappa shape index (κ2) is 8.29. The summed E-state index contributed by atoms with van der Waals surface area (Å²) in [5.74, 6) is 0.244. The molecule has 1 aromatic rings. The van der Waals surface area contributed by atoms with Gasteiger partial charge in [-0.05, 0) is 37.8 Å². The lowest BCUT2D eigenvalue weighted by atomic mass is 9.92. The van der Waals surface area contributed by atoms with Crippen LogP contribution in [0.4, 0.5) is 0 Å². The fraction of sp³-hybridized carbons (Fsp3) is 0.667. The van der Waals surface area contributed by atoms with Crippen LogP contribution in [0.5, 0.6) is 0 Å². The first-order chi connectivity index (χ1) is 11.0. The zero-order chi connectivity index (χ0) is 16.8. The van der Waals surface area contributed by atoms with Gasteiger partial charge in [0, 0.05) is 45.0 Å². The molecule has 5 heteroatoms. The molecule has 1 N–H and O–H groups in total. The standard InChI is InChI=1S/C18H29N3O2/c1-4-5-9-19-18(23)16-7-6-14(2)21(13-16)12-15-8-10-20(3)17(22)11-15/h8,10-11,14,16H,4-7,9,12-13H2,1-3H3,(H,19,23)/t14-,16+/m0/s1. The molecule has 2 atom stereocenters. The van der Waals surface area contributed by atoms with Crippen LogP contribution in [-0.2, 0) is 18.4 Å². The molecule has 128 valence electrons. The quantitative estimate of drug-likeness (QED) is 0.815. The van der Waals surface area contributed by atoms with Gasteiger partial charge in [-0.2, -0.15) is 0 Å². The van der Waals surface area contributed by atoms with Gasteiger partial charge in [0.1, 0.15) is 0 Å². The van der Waals surface area contributed by atoms with E-state index in [4.69, 9.17) is 0 Å². The number of amides is 1. The number of aromatic nitrogens is 1. The Labute approximate surface area is 138 Å². The molecule has 2 heterocycles. The Balaban J connectivity index is 1.96. The molecule has 5 nitrogen and oxygen atoms in total. The van der Waals surface area contributed by atoms with E-state index in [0.717, 1.165) is 50.9 Å². The van der Waals surface area contributed by atoms with Crippen LogP contribution in [0.2, 0.25) is 0 Å². The monoisotopic (exact) mass is 319 g/mol. The lowest BCUT2D eigenvalue weighted by molar-refractivity contribution is -0.127. The van der Waals surface area contributed by atoms with Crippen molar-refractivity contribution in [2.75, 3.05) is 13.1 Å². The third-order valence-electron chi connectivity index (χ3n) is 4.77. The number of hydrogen-bond donors (Lipinski definition) is 1. The highest BCUT2D eigenvalue weighted by molar-refractivity contribution is 5.78. The van der Waals surface area contributed by atoms with E-state index in [0.29, 0.717) is 6.04 Å². The van der Waals surface area contributed by atoms with Crippen LogP contribution < -0.4 is 10.9 Å². The van der Waals surface area contributed by atoms with E-state index in [2.05, 4.69) is 24.1 Å². The fourth-order valence-corrected chi connectivity index (χ4v) is 3.07. The minimum Gasteiger partial charge on any atom is -0.356 e. The number of carbonyl (C=O) groups excluding carboxylic acids is 1. The van der Waals surface area contributed by atoms with E-state index in [-0.39, 0.29) is 17.4 Å². The van der Waals surface area contributed by atoms with E-state index >= 15 is 0 Å². The zero-order valence-electron chi connectivity index (χ0n) is 14.5. The first kappa shape index (κ1) is 17.7. The summed E-state index contributed by atoms with van der Waals surface area (Å²) in [5, 5.41) is 3.05. The van der Waals surface area contributed by atoms with Gasteiger partial charge in [-0.25, -0.2) is 0 Å². The van der Waals surface area contributed by atoms with Gasteiger partial charge in [0.15, 0.2) is 0 Å². The average Bonchev–Trinajstić information content (AvgIpc) is 2.53. The predicted molar refractivity (Wildman–Crippen MR) is 92.2 cm³/mol. The number of likely N-dealkylation sites (tertiary alicyclic amines) is 1. The molecule has 1 aliphatic rings. The third kappa shape index (κ3) is 4.93. The number of aryl methyl sites for hydroxylation is 1. The molecule has 1 amide bonds. The summed E-state index contributed by atoms with van der Waals surface area (Å²) in [6.07, 6.45) is 5.91. The van der Waals surface area contributed by atoms with Crippen molar-refractivity contribution in [1.29, 1.82) is 0 Å². The molecule has 23 heavy (non-hydrogen) atoms. The van der Waals surface area contributed by atoms with Crippen molar-refractivity contribution in [3.05, 3.63) is 34.2 Å². The molecular formula is C18H29N3O2. The molecule has 0 radical (unpaired) electrons. The molecule has 0 aliphatic carbocycles. The smallest absolute Gasteiger partial charge is 0.250 e. The highest BCUT2D eigenvalue weighted by Crippen LogP contribution is 2.23. The topological polar surface area (TPSA) is 54.3 Å². The number of pyridine rings is 1. The zero-order valence-corrected chi connectivity index (χ0v) is 14.5. The van der Waals surface area contributed by atoms with Gasteiger partial charge in [-0.1, -0.05) is 13.3 Å². The number of hydrogen-bond acceptors (Lipinski definition) is 3. The Morgan fingerprint density at radius 3 is 2.87 bits per heavy atom. The minimum absolute atomic E-state index is 0.0148. The summed E-state index contributed by atoms with van der Waals surface area (Å²) in [4.78, 5) is 26.4. The molecule has 0 aromatic carbocycles. The van der Waals surface area contributed by atoms with Crippen molar-refractivity contribution in [2.24, 2.45) is 13.0 Å². The number of carbonyl (C=O) groups is 1. The largest absolute Gasteiger partial charge is 0.356 e. The van der Waals surface area contributed by atoms with Crippen molar-refractivity contribution in [3.8, 4) is 0 Å². The summed E-state index contributed by atoms with van der Waals surface area (Å²) >= 11 is 0. The van der Waals surface area contributed by atoms with Crippen molar-refractivity contribution < 1.29 is 4.79 Å². The Morgan fingerprint density at radius 2 is 2.17 bits per heavy atom. The predicted octanol–water partition coefficient (Wildman–Crippen LogP) is 1.90. The van der Waals surface area contributed by atoms with Gasteiger partial charge in [-0.15, -0.1) is 0 Å². The molecule has 0 bridgehead atoms. The lowest BCUT2D eigenvalue weighted by Gasteiger charge is -2.37. The van der Waals surface area contributed by atoms with Crippen molar-refractivity contribution in [1.82, 2.24) is 14.8 Å². The third-order valence-corrected chi connectivity index (χ3v) is 4.77. The van der Waals surface area contributed by atoms with Gasteiger partial charge in [0.25, 0.3) is 5.56 Å². The number of piperidine rings is 1. The molecule has 1 aromatic heterocycles. The van der Waals surface area contributed by atoms with Crippen molar-refractivity contribution in [3.63, 3.8) is 0 Å². The van der Waals surface area contributed by atoms with Crippen LogP contribution in [0.3, 0.4) is 0 Å². The Kier molecular flexibility index (Phi) is 6.39. The van der Waals surface area contributed by atoms with Gasteiger partial charge in [0.05, 0.1) is 5.92 Å². The minimum atomic E-state index is 0.0148. The number of unbranched alkanes of at least 4 members (excludes halogenated alkanes) is 1. The fourth-order valence-electron chi connectivity index (χ4n) is 3.07. The van der Waals surface area contributed by atoms with Gasteiger partial charge < -0.3 is 9.88 Å². The first-order valence-corrected chi connectivity index (χ1v) is 8.68. The molecule has 1 aliphatic heterocycles. The summed E-state index contributed by atoms with van der Waals surface area (Å²) in [7, 11) is 1.76. The Hall–Kier alpha value is -1.62. The number of nitrogens with zero attached hydrogens (tertiary/aromatic N) is 2. The lowest BCUT2D eigenvalue weighted by Crippen LogP contribution is -2.46. The number of nitrogens with one attached hydrogen (secondary N) is 1. The van der Waals surface area contributed by atoms with Crippen LogP contribution >= 0.6 is 0 Å². The van der Waals surface area contributed by atoms with Crippen LogP contribution in [-0.4, -0.2) is 34.5 Å². The first-order valence-electron chi connectivity index (χ1n) is 8.68. The maximum atomic E-state index is 12.3. The Bertz CT molecular complexity index is 582. The normalized spacial score (nSPS) is 22.0. The van der Waals surface area contributed by atoms with Crippen LogP contribution in [0, 0.1) is 5.92 Å². The highest BCUT2D eigenvalue weighted by Gasteiger charge is 2.29. The van der Waals surface area contributed by atoms with Crippen molar-refractivity contribution >= 4 is 5.91 Å². The second-order valence-electron chi connectivity index (χ2n) is 6.68. The summed E-state index contributed by atoms with van der Waals surface area (Å²) in [5.41, 5.74) is 1.04. The molecule has 1 saturated heterocycles. The molecule has 0 unspecified atom stereocenters. The molecule has 1 fully saturated rings. The summed E-state index contributed by atoms with van der Waals surface area (Å²) < 4.78 is 1.58. The van der Waals surface area contributed by atoms with E-state index in [1.807, 2.05) is 6.07 Å². The second-order valence-corrected chi connectivity index (χ2v) is 6.68. The highest BCUT2D eigenvalue weighted by atomic mass is 16.2. The summed E-state index contributed by atoms with van der Waals surface area (Å²) in [6.45, 7) is 6.60. The maximum absolute atomic E-state index is 12.3. The van der Waals surface area contributed by atoms with E-state index < -0.39 is 0 Å². The van der Waals surface area contributed by atoms with Gasteiger partial charge >= 0.3 is 0 Å². The SMILES string of the molecule is CCCCNC(=O)[C@@H]1CC[C@H](C)N(Cc2ccn(C)c(=O)c2)C1. The molecular weight excluding hydrogens is 290 g/mol. The van der Waals surface area contributed by atoms with Crippen LogP contribution in [0.1, 0.15) is 45.1 Å². The van der Waals surface area contributed by atoms with E-state index in [1.54, 1.807) is 23.9 Å². The molecule has 2 rings (SSSR count). The van der Waals surface area contributed by atoms with Gasteiger partial charge in [-0.3, -0.25) is 14.5 Å². The van der Waals surface area contributed by atoms with Crippen LogP contribution in [0.25, 0.3) is 0 Å². The number of rotatable bonds is 6. The van der Waals surface area contributed by atoms with E-state index in [9.17, 15) is 9.59 Å². The maximum Gasteiger partial charge on any atom is 0.250 e. The van der Waals surface area contributed by atoms with E-state index in [1.165, 1.54) is 0 Å². The van der Waals surface area contributed by atoms with Crippen LogP contribution in [0.15, 0.2) is 23.1 Å². The molecule has 0 spiro atoms. The summed E-state index contributed by atoms with van der Waals surface area (Å²) in [6, 6.07) is 4.12. The van der Waals surface area contributed by atoms with Gasteiger partial charge in [0.2, 0.25) is 5.91 Å². The Morgan fingerprint density at radius 1 is 1.39 bits per heavy atom. The van der Waals surface area contributed by atoms with Crippen molar-refractivity contribution in [2.45, 2.75) is 52.1 Å². The average molecular weight is 319 g/mol.